The van der Waals surface area contributed by atoms with Crippen LogP contribution in [0.15, 0.2) is 83.5 Å². The molecule has 5 heteroatoms. The highest BCUT2D eigenvalue weighted by atomic mass is 16.6. The summed E-state index contributed by atoms with van der Waals surface area (Å²) >= 11 is 0. The van der Waals surface area contributed by atoms with E-state index in [0.29, 0.717) is 23.6 Å². The fraction of sp³-hybridized carbons (Fsp3) is 0.0476. The molecule has 0 aliphatic rings. The van der Waals surface area contributed by atoms with Gasteiger partial charge in [-0.1, -0.05) is 48.5 Å². The predicted molar refractivity (Wildman–Crippen MR) is 98.1 cm³/mol. The van der Waals surface area contributed by atoms with Gasteiger partial charge in [-0.05, 0) is 29.8 Å². The standard InChI is InChI=1S/C21H16N2O3/c24-21(23-26-14-15-7-2-1-3-8-15)17-13-19(20-11-6-12-25-20)22-18-10-5-4-9-16(17)18/h1-13H,14H2,(H,23,24). The molecule has 0 bridgehead atoms. The van der Waals surface area contributed by atoms with Gasteiger partial charge < -0.3 is 4.42 Å². The van der Waals surface area contributed by atoms with Crippen LogP contribution < -0.4 is 5.48 Å². The number of para-hydroxylation sites is 1. The van der Waals surface area contributed by atoms with Gasteiger partial charge in [0.05, 0.1) is 24.0 Å². The van der Waals surface area contributed by atoms with Crippen LogP contribution in [0.3, 0.4) is 0 Å². The van der Waals surface area contributed by atoms with Crippen molar-refractivity contribution in [2.24, 2.45) is 0 Å². The fourth-order valence-electron chi connectivity index (χ4n) is 2.73. The lowest BCUT2D eigenvalue weighted by atomic mass is 10.1. The zero-order chi connectivity index (χ0) is 17.8. The first-order chi connectivity index (χ1) is 12.8. The van der Waals surface area contributed by atoms with Crippen molar-refractivity contribution in [2.45, 2.75) is 6.61 Å². The number of fused-ring (bicyclic) bond motifs is 1. The van der Waals surface area contributed by atoms with E-state index in [0.717, 1.165) is 16.5 Å². The minimum absolute atomic E-state index is 0.292. The van der Waals surface area contributed by atoms with Crippen LogP contribution >= 0.6 is 0 Å². The molecule has 128 valence electrons. The number of amides is 1. The van der Waals surface area contributed by atoms with E-state index in [9.17, 15) is 4.79 Å². The molecule has 2 aromatic heterocycles. The molecule has 0 aliphatic heterocycles. The molecule has 0 spiro atoms. The first kappa shape index (κ1) is 16.1. The number of pyridine rings is 1. The lowest BCUT2D eigenvalue weighted by Crippen LogP contribution is -2.24. The van der Waals surface area contributed by atoms with Gasteiger partial charge in [-0.3, -0.25) is 9.63 Å². The summed E-state index contributed by atoms with van der Waals surface area (Å²) in [4.78, 5) is 22.6. The van der Waals surface area contributed by atoms with Crippen molar-refractivity contribution < 1.29 is 14.0 Å². The number of carbonyl (C=O) groups excluding carboxylic acids is 1. The minimum atomic E-state index is -0.327. The van der Waals surface area contributed by atoms with Crippen molar-refractivity contribution in [3.05, 3.63) is 90.2 Å². The lowest BCUT2D eigenvalue weighted by molar-refractivity contribution is 0.0235. The van der Waals surface area contributed by atoms with Crippen LogP contribution in [0.25, 0.3) is 22.4 Å². The predicted octanol–water partition coefficient (Wildman–Crippen LogP) is 4.36. The van der Waals surface area contributed by atoms with E-state index in [-0.39, 0.29) is 5.91 Å². The minimum Gasteiger partial charge on any atom is -0.463 e. The Bertz CT molecular complexity index is 1030. The second-order valence-corrected chi connectivity index (χ2v) is 5.75. The van der Waals surface area contributed by atoms with Gasteiger partial charge in [-0.15, -0.1) is 0 Å². The van der Waals surface area contributed by atoms with Gasteiger partial charge in [0.15, 0.2) is 5.76 Å². The van der Waals surface area contributed by atoms with Crippen LogP contribution in [-0.4, -0.2) is 10.9 Å². The highest BCUT2D eigenvalue weighted by Crippen LogP contribution is 2.25. The van der Waals surface area contributed by atoms with Crippen LogP contribution in [0.4, 0.5) is 0 Å². The quantitative estimate of drug-likeness (QED) is 0.547. The largest absolute Gasteiger partial charge is 0.463 e. The molecule has 4 aromatic rings. The number of hydrogen-bond donors (Lipinski definition) is 1. The Morgan fingerprint density at radius 2 is 1.81 bits per heavy atom. The number of hydrogen-bond acceptors (Lipinski definition) is 4. The van der Waals surface area contributed by atoms with Crippen molar-refractivity contribution in [2.75, 3.05) is 0 Å². The zero-order valence-corrected chi connectivity index (χ0v) is 13.9. The summed E-state index contributed by atoms with van der Waals surface area (Å²) in [5, 5.41) is 0.753. The average molecular weight is 344 g/mol. The number of benzene rings is 2. The van der Waals surface area contributed by atoms with E-state index < -0.39 is 0 Å². The Labute approximate surface area is 150 Å². The summed E-state index contributed by atoms with van der Waals surface area (Å²) in [5.74, 6) is 0.280. The van der Waals surface area contributed by atoms with Gasteiger partial charge in [0.1, 0.15) is 5.69 Å². The molecule has 0 saturated heterocycles. The molecule has 1 N–H and O–H groups in total. The monoisotopic (exact) mass is 344 g/mol. The maximum absolute atomic E-state index is 12.7. The van der Waals surface area contributed by atoms with E-state index in [1.807, 2.05) is 60.7 Å². The third-order valence-electron chi connectivity index (χ3n) is 3.98. The summed E-state index contributed by atoms with van der Waals surface area (Å²) in [7, 11) is 0. The summed E-state index contributed by atoms with van der Waals surface area (Å²) < 4.78 is 5.42. The molecule has 0 saturated carbocycles. The summed E-state index contributed by atoms with van der Waals surface area (Å²) in [6.07, 6.45) is 1.58. The van der Waals surface area contributed by atoms with Gasteiger partial charge in [0.2, 0.25) is 0 Å². The summed E-state index contributed by atoms with van der Waals surface area (Å²) in [5.41, 5.74) is 5.29. The molecular weight excluding hydrogens is 328 g/mol. The molecule has 0 aliphatic carbocycles. The third kappa shape index (κ3) is 3.34. The van der Waals surface area contributed by atoms with Crippen LogP contribution in [0.5, 0.6) is 0 Å². The maximum Gasteiger partial charge on any atom is 0.275 e. The van der Waals surface area contributed by atoms with Crippen LogP contribution in [0, 0.1) is 0 Å². The Balaban J connectivity index is 1.61. The first-order valence-electron chi connectivity index (χ1n) is 8.21. The van der Waals surface area contributed by atoms with E-state index in [4.69, 9.17) is 9.25 Å². The molecule has 0 atom stereocenters. The Hall–Kier alpha value is -3.44. The van der Waals surface area contributed by atoms with E-state index in [1.54, 1.807) is 18.4 Å². The van der Waals surface area contributed by atoms with Crippen molar-refractivity contribution in [3.63, 3.8) is 0 Å². The third-order valence-corrected chi connectivity index (χ3v) is 3.98. The summed E-state index contributed by atoms with van der Waals surface area (Å²) in [6.45, 7) is 0.292. The number of carbonyl (C=O) groups is 1. The number of hydroxylamine groups is 1. The van der Waals surface area contributed by atoms with Crippen molar-refractivity contribution >= 4 is 16.8 Å². The van der Waals surface area contributed by atoms with E-state index in [1.165, 1.54) is 0 Å². The molecule has 26 heavy (non-hydrogen) atoms. The molecule has 0 radical (unpaired) electrons. The van der Waals surface area contributed by atoms with Gasteiger partial charge in [-0.2, -0.15) is 0 Å². The number of aromatic nitrogens is 1. The maximum atomic E-state index is 12.7. The van der Waals surface area contributed by atoms with Crippen LogP contribution in [0.1, 0.15) is 15.9 Å². The second kappa shape index (κ2) is 7.21. The van der Waals surface area contributed by atoms with Crippen LogP contribution in [-0.2, 0) is 11.4 Å². The van der Waals surface area contributed by atoms with Crippen molar-refractivity contribution in [1.82, 2.24) is 10.5 Å². The topological polar surface area (TPSA) is 64.4 Å². The molecule has 0 unspecified atom stereocenters. The van der Waals surface area contributed by atoms with E-state index >= 15 is 0 Å². The highest BCUT2D eigenvalue weighted by molar-refractivity contribution is 6.06. The zero-order valence-electron chi connectivity index (χ0n) is 13.9. The highest BCUT2D eigenvalue weighted by Gasteiger charge is 2.15. The molecule has 2 aromatic carbocycles. The Kier molecular flexibility index (Phi) is 4.45. The summed E-state index contributed by atoms with van der Waals surface area (Å²) in [6, 6.07) is 22.4. The molecule has 0 fully saturated rings. The molecular formula is C21H16N2O3. The van der Waals surface area contributed by atoms with Gasteiger partial charge in [0, 0.05) is 5.39 Å². The van der Waals surface area contributed by atoms with E-state index in [2.05, 4.69) is 10.5 Å². The molecule has 1 amide bonds. The van der Waals surface area contributed by atoms with Gasteiger partial charge in [-0.25, -0.2) is 10.5 Å². The SMILES string of the molecule is O=C(NOCc1ccccc1)c1cc(-c2ccco2)nc2ccccc12. The Morgan fingerprint density at radius 1 is 1.00 bits per heavy atom. The van der Waals surface area contributed by atoms with Crippen LogP contribution in [0.2, 0.25) is 0 Å². The average Bonchev–Trinajstić information content (AvgIpc) is 3.23. The smallest absolute Gasteiger partial charge is 0.275 e. The molecule has 4 rings (SSSR count). The lowest BCUT2D eigenvalue weighted by Gasteiger charge is -2.10. The normalized spacial score (nSPS) is 10.8. The number of rotatable bonds is 5. The molecule has 2 heterocycles. The van der Waals surface area contributed by atoms with Crippen molar-refractivity contribution in [3.8, 4) is 11.5 Å². The van der Waals surface area contributed by atoms with Gasteiger partial charge >= 0.3 is 0 Å². The molecule has 5 nitrogen and oxygen atoms in total. The first-order valence-corrected chi connectivity index (χ1v) is 8.21. The Morgan fingerprint density at radius 3 is 2.62 bits per heavy atom. The second-order valence-electron chi connectivity index (χ2n) is 5.75. The van der Waals surface area contributed by atoms with Gasteiger partial charge in [0.25, 0.3) is 5.91 Å². The number of nitrogens with one attached hydrogen (secondary N) is 1. The fourth-order valence-corrected chi connectivity index (χ4v) is 2.73. The number of furan rings is 1. The van der Waals surface area contributed by atoms with Crippen molar-refractivity contribution in [1.29, 1.82) is 0 Å². The number of nitrogens with zero attached hydrogens (tertiary/aromatic N) is 1.